The molecule has 5 nitrogen and oxygen atoms in total. The van der Waals surface area contributed by atoms with Crippen molar-refractivity contribution in [3.63, 3.8) is 0 Å². The van der Waals surface area contributed by atoms with Crippen LogP contribution in [0.4, 0.5) is 0 Å². The van der Waals surface area contributed by atoms with Crippen LogP contribution in [0.2, 0.25) is 0 Å². The number of ether oxygens (including phenoxy) is 2. The predicted octanol–water partition coefficient (Wildman–Crippen LogP) is 1.56. The second kappa shape index (κ2) is 6.61. The minimum Gasteiger partial charge on any atom is -0.496 e. The van der Waals surface area contributed by atoms with E-state index >= 15 is 0 Å². The number of nitrogens with two attached hydrogens (primary N) is 1. The minimum atomic E-state index is -0.182. The first-order valence-corrected chi connectivity index (χ1v) is 6.92. The highest BCUT2D eigenvalue weighted by atomic mass is 16.5. The molecule has 20 heavy (non-hydrogen) atoms. The summed E-state index contributed by atoms with van der Waals surface area (Å²) in [5.41, 5.74) is 6.45. The summed E-state index contributed by atoms with van der Waals surface area (Å²) in [6, 6.07) is 5.48. The van der Waals surface area contributed by atoms with Crippen LogP contribution in [0.25, 0.3) is 0 Å². The Morgan fingerprint density at radius 1 is 1.30 bits per heavy atom. The van der Waals surface area contributed by atoms with E-state index in [1.54, 1.807) is 32.4 Å². The highest BCUT2D eigenvalue weighted by Gasteiger charge is 2.25. The lowest BCUT2D eigenvalue weighted by molar-refractivity contribution is 0.0940. The molecule has 0 saturated heterocycles. The summed E-state index contributed by atoms with van der Waals surface area (Å²) in [5.74, 6) is 1.20. The summed E-state index contributed by atoms with van der Waals surface area (Å²) in [5, 5.41) is 2.94. The maximum absolute atomic E-state index is 12.4. The first kappa shape index (κ1) is 14.7. The molecule has 1 aromatic carbocycles. The number of carbonyl (C=O) groups is 1. The van der Waals surface area contributed by atoms with Gasteiger partial charge in [0.05, 0.1) is 14.2 Å². The number of carbonyl (C=O) groups excluding carboxylic acids is 1. The topological polar surface area (TPSA) is 73.6 Å². The molecule has 1 amide bonds. The predicted molar refractivity (Wildman–Crippen MR) is 77.2 cm³/mol. The van der Waals surface area contributed by atoms with E-state index in [-0.39, 0.29) is 11.9 Å². The van der Waals surface area contributed by atoms with Gasteiger partial charge >= 0.3 is 0 Å². The van der Waals surface area contributed by atoms with Crippen LogP contribution in [0.3, 0.4) is 0 Å². The Balaban J connectivity index is 2.08. The first-order chi connectivity index (χ1) is 9.67. The highest BCUT2D eigenvalue weighted by Crippen LogP contribution is 2.28. The van der Waals surface area contributed by atoms with Crippen LogP contribution < -0.4 is 20.5 Å². The molecule has 3 N–H and O–H groups in total. The maximum Gasteiger partial charge on any atom is 0.258 e. The number of benzene rings is 1. The minimum absolute atomic E-state index is 0.182. The average Bonchev–Trinajstić information content (AvgIpc) is 2.89. The summed E-state index contributed by atoms with van der Waals surface area (Å²) in [4.78, 5) is 12.4. The van der Waals surface area contributed by atoms with Crippen molar-refractivity contribution in [1.82, 2.24) is 5.32 Å². The second-order valence-electron chi connectivity index (χ2n) is 5.10. The molecule has 2 rings (SSSR count). The summed E-state index contributed by atoms with van der Waals surface area (Å²) in [6.45, 7) is 0.598. The molecule has 0 radical (unpaired) electrons. The van der Waals surface area contributed by atoms with Gasteiger partial charge in [-0.3, -0.25) is 4.79 Å². The molecular formula is C15H22N2O3. The molecule has 0 heterocycles. The highest BCUT2D eigenvalue weighted by molar-refractivity contribution is 5.99. The van der Waals surface area contributed by atoms with Crippen LogP contribution in [-0.2, 0) is 0 Å². The second-order valence-corrected chi connectivity index (χ2v) is 5.10. The van der Waals surface area contributed by atoms with E-state index in [1.807, 2.05) is 0 Å². The molecule has 0 aliphatic heterocycles. The fourth-order valence-electron chi connectivity index (χ4n) is 2.71. The van der Waals surface area contributed by atoms with E-state index in [2.05, 4.69) is 5.32 Å². The van der Waals surface area contributed by atoms with Gasteiger partial charge in [0.15, 0.2) is 0 Å². The van der Waals surface area contributed by atoms with Crippen molar-refractivity contribution in [3.05, 3.63) is 23.8 Å². The van der Waals surface area contributed by atoms with E-state index < -0.39 is 0 Å². The van der Waals surface area contributed by atoms with Crippen molar-refractivity contribution in [1.29, 1.82) is 0 Å². The average molecular weight is 278 g/mol. The molecule has 0 spiro atoms. The van der Waals surface area contributed by atoms with Crippen molar-refractivity contribution in [2.24, 2.45) is 11.7 Å². The van der Waals surface area contributed by atoms with Gasteiger partial charge in [-0.05, 0) is 30.9 Å². The number of hydrogen-bond acceptors (Lipinski definition) is 4. The number of nitrogens with one attached hydrogen (secondary N) is 1. The Morgan fingerprint density at radius 3 is 2.45 bits per heavy atom. The summed E-state index contributed by atoms with van der Waals surface area (Å²) in [7, 11) is 3.08. The third-order valence-corrected chi connectivity index (χ3v) is 3.90. The van der Waals surface area contributed by atoms with E-state index in [1.165, 1.54) is 0 Å². The van der Waals surface area contributed by atoms with Crippen molar-refractivity contribution in [2.75, 3.05) is 20.8 Å². The number of methoxy groups -OCH3 is 2. The van der Waals surface area contributed by atoms with Crippen molar-refractivity contribution in [2.45, 2.75) is 25.3 Å². The number of amides is 1. The number of rotatable bonds is 5. The SMILES string of the molecule is COc1cccc(OC)c1C(=O)NCC1CCCC1N. The Bertz CT molecular complexity index is 454. The van der Waals surface area contributed by atoms with Crippen molar-refractivity contribution in [3.8, 4) is 11.5 Å². The zero-order valence-corrected chi connectivity index (χ0v) is 12.0. The summed E-state index contributed by atoms with van der Waals surface area (Å²) < 4.78 is 10.5. The van der Waals surface area contributed by atoms with E-state index in [0.29, 0.717) is 29.5 Å². The van der Waals surface area contributed by atoms with E-state index in [4.69, 9.17) is 15.2 Å². The van der Waals surface area contributed by atoms with Gasteiger partial charge in [0.2, 0.25) is 0 Å². The third-order valence-electron chi connectivity index (χ3n) is 3.90. The van der Waals surface area contributed by atoms with Gasteiger partial charge in [0, 0.05) is 12.6 Å². The lowest BCUT2D eigenvalue weighted by atomic mass is 10.0. The molecule has 5 heteroatoms. The van der Waals surface area contributed by atoms with Crippen LogP contribution in [0.1, 0.15) is 29.6 Å². The van der Waals surface area contributed by atoms with Crippen LogP contribution >= 0.6 is 0 Å². The monoisotopic (exact) mass is 278 g/mol. The summed E-state index contributed by atoms with van der Waals surface area (Å²) >= 11 is 0. The van der Waals surface area contributed by atoms with Gasteiger partial charge in [-0.15, -0.1) is 0 Å². The number of hydrogen-bond donors (Lipinski definition) is 2. The van der Waals surface area contributed by atoms with Gasteiger partial charge in [0.25, 0.3) is 5.91 Å². The van der Waals surface area contributed by atoms with Gasteiger partial charge in [0.1, 0.15) is 17.1 Å². The van der Waals surface area contributed by atoms with E-state index in [0.717, 1.165) is 19.3 Å². The molecular weight excluding hydrogens is 256 g/mol. The molecule has 0 aromatic heterocycles. The van der Waals surface area contributed by atoms with Crippen LogP contribution in [0.5, 0.6) is 11.5 Å². The quantitative estimate of drug-likeness (QED) is 0.857. The lowest BCUT2D eigenvalue weighted by Crippen LogP contribution is -2.36. The van der Waals surface area contributed by atoms with E-state index in [9.17, 15) is 4.79 Å². The van der Waals surface area contributed by atoms with Crippen LogP contribution in [0, 0.1) is 5.92 Å². The lowest BCUT2D eigenvalue weighted by Gasteiger charge is -2.17. The first-order valence-electron chi connectivity index (χ1n) is 6.92. The standard InChI is InChI=1S/C15H22N2O3/c1-19-12-7-4-8-13(20-2)14(12)15(18)17-9-10-5-3-6-11(10)16/h4,7-8,10-11H,3,5-6,9,16H2,1-2H3,(H,17,18). The molecule has 0 bridgehead atoms. The molecule has 1 fully saturated rings. The van der Waals surface area contributed by atoms with Crippen LogP contribution in [-0.4, -0.2) is 32.7 Å². The fourth-order valence-corrected chi connectivity index (χ4v) is 2.71. The zero-order chi connectivity index (χ0) is 14.5. The normalized spacial score (nSPS) is 21.6. The largest absolute Gasteiger partial charge is 0.496 e. The fraction of sp³-hybridized carbons (Fsp3) is 0.533. The molecule has 110 valence electrons. The Morgan fingerprint density at radius 2 is 1.95 bits per heavy atom. The smallest absolute Gasteiger partial charge is 0.258 e. The third kappa shape index (κ3) is 3.04. The molecule has 1 aliphatic carbocycles. The van der Waals surface area contributed by atoms with Crippen molar-refractivity contribution >= 4 is 5.91 Å². The van der Waals surface area contributed by atoms with Gasteiger partial charge in [-0.25, -0.2) is 0 Å². The summed E-state index contributed by atoms with van der Waals surface area (Å²) in [6.07, 6.45) is 3.25. The Hall–Kier alpha value is -1.75. The molecule has 1 aliphatic rings. The molecule has 1 saturated carbocycles. The maximum atomic E-state index is 12.4. The Labute approximate surface area is 119 Å². The zero-order valence-electron chi connectivity index (χ0n) is 12.0. The molecule has 2 unspecified atom stereocenters. The van der Waals surface area contributed by atoms with Crippen LogP contribution in [0.15, 0.2) is 18.2 Å². The molecule has 1 aromatic rings. The van der Waals surface area contributed by atoms with Crippen molar-refractivity contribution < 1.29 is 14.3 Å². The Kier molecular flexibility index (Phi) is 4.84. The molecule has 2 atom stereocenters. The van der Waals surface area contributed by atoms with Gasteiger partial charge < -0.3 is 20.5 Å². The van der Waals surface area contributed by atoms with Gasteiger partial charge in [-0.2, -0.15) is 0 Å². The van der Waals surface area contributed by atoms with Gasteiger partial charge in [-0.1, -0.05) is 12.5 Å².